The maximum Gasteiger partial charge on any atom is 0.269 e. The van der Waals surface area contributed by atoms with Gasteiger partial charge in [-0.1, -0.05) is 0 Å². The number of hydrogen-bond acceptors (Lipinski definition) is 7. The van der Waals surface area contributed by atoms with Crippen molar-refractivity contribution in [2.45, 2.75) is 31.7 Å². The summed E-state index contributed by atoms with van der Waals surface area (Å²) in [5.41, 5.74) is 1.83. The molecular formula is C23H33N5O5. The normalized spacial score (nSPS) is 22.6. The van der Waals surface area contributed by atoms with Crippen LogP contribution in [0.5, 0.6) is 0 Å². The summed E-state index contributed by atoms with van der Waals surface area (Å²) in [5.74, 6) is -0.230. The molecule has 180 valence electrons. The van der Waals surface area contributed by atoms with Gasteiger partial charge < -0.3 is 19.9 Å². The van der Waals surface area contributed by atoms with Crippen LogP contribution in [0.3, 0.4) is 0 Å². The van der Waals surface area contributed by atoms with E-state index in [4.69, 9.17) is 4.74 Å². The Balaban J connectivity index is 1.52. The predicted octanol–water partition coefficient (Wildman–Crippen LogP) is 1.03. The second-order valence-electron chi connectivity index (χ2n) is 9.10. The van der Waals surface area contributed by atoms with Gasteiger partial charge in [-0.2, -0.15) is 0 Å². The van der Waals surface area contributed by atoms with Crippen molar-refractivity contribution < 1.29 is 19.2 Å². The zero-order valence-corrected chi connectivity index (χ0v) is 19.2. The van der Waals surface area contributed by atoms with Crippen LogP contribution in [0.1, 0.15) is 24.8 Å². The summed E-state index contributed by atoms with van der Waals surface area (Å²) in [6, 6.07) is 4.85. The Morgan fingerprint density at radius 3 is 2.73 bits per heavy atom. The minimum absolute atomic E-state index is 0.0429. The Bertz CT molecular complexity index is 888. The second-order valence-corrected chi connectivity index (χ2v) is 9.10. The highest BCUT2D eigenvalue weighted by atomic mass is 16.6. The highest BCUT2D eigenvalue weighted by molar-refractivity contribution is 5.82. The number of hydrogen-bond donors (Lipinski definition) is 1. The average Bonchev–Trinajstić information content (AvgIpc) is 3.36. The van der Waals surface area contributed by atoms with Gasteiger partial charge in [0, 0.05) is 70.8 Å². The number of likely N-dealkylation sites (tertiary alicyclic amines) is 1. The number of ether oxygens (including phenoxy) is 1. The first-order valence-corrected chi connectivity index (χ1v) is 11.8. The number of non-ortho nitro benzene ring substituents is 1. The summed E-state index contributed by atoms with van der Waals surface area (Å²) in [5, 5.41) is 14.3. The van der Waals surface area contributed by atoms with Gasteiger partial charge in [0.05, 0.1) is 23.4 Å². The van der Waals surface area contributed by atoms with Crippen molar-refractivity contribution in [2.75, 3.05) is 64.4 Å². The van der Waals surface area contributed by atoms with Gasteiger partial charge in [-0.25, -0.2) is 0 Å². The molecule has 0 bridgehead atoms. The smallest absolute Gasteiger partial charge is 0.269 e. The van der Waals surface area contributed by atoms with Gasteiger partial charge in [0.15, 0.2) is 0 Å². The number of nitrogens with one attached hydrogen (secondary N) is 1. The van der Waals surface area contributed by atoms with Crippen LogP contribution in [-0.2, 0) is 20.7 Å². The lowest BCUT2D eigenvalue weighted by Gasteiger charge is -2.49. The first-order valence-electron chi connectivity index (χ1n) is 11.8. The Hall–Kier alpha value is -2.72. The first kappa shape index (κ1) is 23.4. The molecule has 1 aromatic rings. The standard InChI is InChI=1S/C23H33N5O5/c1-33-12-4-7-24-23(30)19-14-17-13-18(28(31)32)5-6-20(17)27-11-10-25(15-21(19)27)16-22(29)26-8-2-3-9-26/h5-6,13,19,21H,2-4,7-12,14-16H2,1H3,(H,24,30)/t19-,21+/m1/s1. The third-order valence-electron chi connectivity index (χ3n) is 6.97. The summed E-state index contributed by atoms with van der Waals surface area (Å²) in [6.07, 6.45) is 3.30. The Kier molecular flexibility index (Phi) is 7.44. The molecule has 0 aromatic heterocycles. The largest absolute Gasteiger partial charge is 0.385 e. The maximum absolute atomic E-state index is 13.2. The number of fused-ring (bicyclic) bond motifs is 3. The van der Waals surface area contributed by atoms with E-state index in [2.05, 4.69) is 15.1 Å². The molecule has 2 saturated heterocycles. The van der Waals surface area contributed by atoms with E-state index >= 15 is 0 Å². The van der Waals surface area contributed by atoms with Gasteiger partial charge in [0.25, 0.3) is 5.69 Å². The van der Waals surface area contributed by atoms with Crippen molar-refractivity contribution in [1.29, 1.82) is 0 Å². The number of carbonyl (C=O) groups excluding carboxylic acids is 2. The van der Waals surface area contributed by atoms with E-state index in [1.165, 1.54) is 6.07 Å². The molecular weight excluding hydrogens is 426 g/mol. The minimum atomic E-state index is -0.395. The molecule has 0 aliphatic carbocycles. The van der Waals surface area contributed by atoms with Crippen LogP contribution in [0.25, 0.3) is 0 Å². The second kappa shape index (κ2) is 10.5. The number of nitrogens with zero attached hydrogens (tertiary/aromatic N) is 4. The van der Waals surface area contributed by atoms with Crippen molar-refractivity contribution in [3.63, 3.8) is 0 Å². The molecule has 3 aliphatic rings. The molecule has 33 heavy (non-hydrogen) atoms. The quantitative estimate of drug-likeness (QED) is 0.351. The summed E-state index contributed by atoms with van der Waals surface area (Å²) >= 11 is 0. The topological polar surface area (TPSA) is 108 Å². The molecule has 0 spiro atoms. The number of anilines is 1. The molecule has 3 heterocycles. The van der Waals surface area contributed by atoms with E-state index in [1.54, 1.807) is 19.2 Å². The van der Waals surface area contributed by atoms with Crippen LogP contribution in [-0.4, -0.2) is 92.1 Å². The zero-order valence-electron chi connectivity index (χ0n) is 19.2. The molecule has 10 heteroatoms. The van der Waals surface area contributed by atoms with Gasteiger partial charge in [0.2, 0.25) is 11.8 Å². The highest BCUT2D eigenvalue weighted by Crippen LogP contribution is 2.38. The lowest BCUT2D eigenvalue weighted by Crippen LogP contribution is -2.62. The Labute approximate surface area is 194 Å². The molecule has 1 N–H and O–H groups in total. The molecule has 0 saturated carbocycles. The first-order chi connectivity index (χ1) is 16.0. The van der Waals surface area contributed by atoms with Crippen LogP contribution in [0.4, 0.5) is 11.4 Å². The van der Waals surface area contributed by atoms with Crippen molar-refractivity contribution >= 4 is 23.2 Å². The number of carbonyl (C=O) groups is 2. The molecule has 2 amide bonds. The summed E-state index contributed by atoms with van der Waals surface area (Å²) in [7, 11) is 1.63. The van der Waals surface area contributed by atoms with Gasteiger partial charge in [-0.15, -0.1) is 0 Å². The van der Waals surface area contributed by atoms with Crippen LogP contribution < -0.4 is 10.2 Å². The number of nitro groups is 1. The molecule has 2 atom stereocenters. The number of methoxy groups -OCH3 is 1. The lowest BCUT2D eigenvalue weighted by atomic mass is 9.83. The fourth-order valence-electron chi connectivity index (χ4n) is 5.24. The number of nitro benzene ring substituents is 1. The minimum Gasteiger partial charge on any atom is -0.385 e. The molecule has 3 aliphatic heterocycles. The van der Waals surface area contributed by atoms with E-state index in [0.717, 1.165) is 43.6 Å². The number of benzene rings is 1. The molecule has 0 radical (unpaired) electrons. The van der Waals surface area contributed by atoms with Crippen LogP contribution in [0.15, 0.2) is 18.2 Å². The summed E-state index contributed by atoms with van der Waals surface area (Å²) in [6.45, 7) is 5.15. The lowest BCUT2D eigenvalue weighted by molar-refractivity contribution is -0.384. The van der Waals surface area contributed by atoms with Crippen LogP contribution in [0, 0.1) is 16.0 Å². The van der Waals surface area contributed by atoms with E-state index in [1.807, 2.05) is 4.90 Å². The van der Waals surface area contributed by atoms with Gasteiger partial charge in [-0.05, 0) is 37.3 Å². The Morgan fingerprint density at radius 1 is 1.21 bits per heavy atom. The van der Waals surface area contributed by atoms with Crippen molar-refractivity contribution in [2.24, 2.45) is 5.92 Å². The molecule has 0 unspecified atom stereocenters. The number of amides is 2. The SMILES string of the molecule is COCCCNC(=O)[C@@H]1Cc2cc([N+](=O)[O-])ccc2N2CCN(CC(=O)N3CCCC3)C[C@@H]12. The summed E-state index contributed by atoms with van der Waals surface area (Å²) in [4.78, 5) is 43.1. The fourth-order valence-corrected chi connectivity index (χ4v) is 5.24. The van der Waals surface area contributed by atoms with Crippen molar-refractivity contribution in [3.8, 4) is 0 Å². The molecule has 10 nitrogen and oxygen atoms in total. The van der Waals surface area contributed by atoms with E-state index in [0.29, 0.717) is 45.8 Å². The van der Waals surface area contributed by atoms with Gasteiger partial charge in [-0.3, -0.25) is 24.6 Å². The van der Waals surface area contributed by atoms with E-state index in [-0.39, 0.29) is 29.5 Å². The van der Waals surface area contributed by atoms with E-state index < -0.39 is 4.92 Å². The zero-order chi connectivity index (χ0) is 23.4. The predicted molar refractivity (Wildman–Crippen MR) is 123 cm³/mol. The fraction of sp³-hybridized carbons (Fsp3) is 0.652. The highest BCUT2D eigenvalue weighted by Gasteiger charge is 2.42. The number of piperazine rings is 1. The van der Waals surface area contributed by atoms with Crippen molar-refractivity contribution in [3.05, 3.63) is 33.9 Å². The molecule has 4 rings (SSSR count). The van der Waals surface area contributed by atoms with Gasteiger partial charge >= 0.3 is 0 Å². The molecule has 2 fully saturated rings. The summed E-state index contributed by atoms with van der Waals surface area (Å²) < 4.78 is 5.06. The maximum atomic E-state index is 13.2. The monoisotopic (exact) mass is 459 g/mol. The average molecular weight is 460 g/mol. The van der Waals surface area contributed by atoms with E-state index in [9.17, 15) is 19.7 Å². The third kappa shape index (κ3) is 5.27. The Morgan fingerprint density at radius 2 is 2.00 bits per heavy atom. The molecule has 1 aromatic carbocycles. The third-order valence-corrected chi connectivity index (χ3v) is 6.97. The van der Waals surface area contributed by atoms with Crippen LogP contribution in [0.2, 0.25) is 0 Å². The van der Waals surface area contributed by atoms with Crippen molar-refractivity contribution in [1.82, 2.24) is 15.1 Å². The van der Waals surface area contributed by atoms with Gasteiger partial charge in [0.1, 0.15) is 0 Å². The number of rotatable bonds is 8. The van der Waals surface area contributed by atoms with Crippen LogP contribution >= 0.6 is 0 Å².